The Kier molecular flexibility index (Phi) is 4.66. The highest BCUT2D eigenvalue weighted by Crippen LogP contribution is 2.33. The van der Waals surface area contributed by atoms with Gasteiger partial charge in [0.05, 0.1) is 12.5 Å². The number of hydrogen-bond acceptors (Lipinski definition) is 4. The quantitative estimate of drug-likeness (QED) is 0.911. The highest BCUT2D eigenvalue weighted by Gasteiger charge is 2.38. The molecule has 0 aliphatic carbocycles. The number of aliphatic carboxylic acids is 1. The molecule has 2 heterocycles. The van der Waals surface area contributed by atoms with Crippen LogP contribution >= 0.6 is 0 Å². The van der Waals surface area contributed by atoms with Crippen molar-refractivity contribution < 1.29 is 9.90 Å². The molecule has 0 spiro atoms. The fourth-order valence-corrected chi connectivity index (χ4v) is 3.52. The second-order valence-corrected chi connectivity index (χ2v) is 6.84. The van der Waals surface area contributed by atoms with E-state index in [4.69, 9.17) is 0 Å². The van der Waals surface area contributed by atoms with E-state index in [9.17, 15) is 9.90 Å². The third-order valence-corrected chi connectivity index (χ3v) is 4.82. The maximum atomic E-state index is 11.7. The highest BCUT2D eigenvalue weighted by atomic mass is 16.4. The Morgan fingerprint density at radius 1 is 1.25 bits per heavy atom. The van der Waals surface area contributed by atoms with Crippen molar-refractivity contribution in [3.63, 3.8) is 0 Å². The third-order valence-electron chi connectivity index (χ3n) is 4.82. The van der Waals surface area contributed by atoms with Gasteiger partial charge in [-0.3, -0.25) is 9.69 Å². The van der Waals surface area contributed by atoms with E-state index in [2.05, 4.69) is 28.9 Å². The standard InChI is InChI=1S/C18H24N4O2/c1-12(2)17-20-19-16(21(17)3)11-22-9-14(15(10-22)18(23)24)13-7-5-4-6-8-13/h4-8,12,14-15H,9-11H2,1-3H3,(H,23,24)/t14-,15-/m1/s1. The van der Waals surface area contributed by atoms with E-state index in [-0.39, 0.29) is 11.8 Å². The molecule has 1 aliphatic rings. The van der Waals surface area contributed by atoms with Gasteiger partial charge in [-0.05, 0) is 5.56 Å². The van der Waals surface area contributed by atoms with E-state index in [1.165, 1.54) is 0 Å². The molecule has 2 aromatic rings. The fraction of sp³-hybridized carbons (Fsp3) is 0.500. The summed E-state index contributed by atoms with van der Waals surface area (Å²) in [6.07, 6.45) is 0. The first-order chi connectivity index (χ1) is 11.5. The number of rotatable bonds is 5. The maximum absolute atomic E-state index is 11.7. The van der Waals surface area contributed by atoms with E-state index >= 15 is 0 Å². The van der Waals surface area contributed by atoms with Crippen molar-refractivity contribution in [2.45, 2.75) is 32.2 Å². The number of nitrogens with zero attached hydrogens (tertiary/aromatic N) is 4. The molecule has 0 unspecified atom stereocenters. The van der Waals surface area contributed by atoms with E-state index < -0.39 is 5.97 Å². The molecule has 0 bridgehead atoms. The summed E-state index contributed by atoms with van der Waals surface area (Å²) in [6.45, 7) is 6.08. The van der Waals surface area contributed by atoms with Crippen molar-refractivity contribution in [3.05, 3.63) is 47.5 Å². The molecule has 1 aliphatic heterocycles. The smallest absolute Gasteiger partial charge is 0.308 e. The molecule has 0 saturated carbocycles. The van der Waals surface area contributed by atoms with Crippen LogP contribution in [0, 0.1) is 5.92 Å². The van der Waals surface area contributed by atoms with Crippen molar-refractivity contribution in [1.82, 2.24) is 19.7 Å². The minimum Gasteiger partial charge on any atom is -0.481 e. The van der Waals surface area contributed by atoms with Crippen LogP contribution in [0.2, 0.25) is 0 Å². The molecule has 0 radical (unpaired) electrons. The molecule has 3 rings (SSSR count). The van der Waals surface area contributed by atoms with Crippen LogP contribution < -0.4 is 0 Å². The lowest BCUT2D eigenvalue weighted by molar-refractivity contribution is -0.141. The summed E-state index contributed by atoms with van der Waals surface area (Å²) in [5, 5.41) is 18.2. The summed E-state index contributed by atoms with van der Waals surface area (Å²) in [5.74, 6) is 1.06. The zero-order chi connectivity index (χ0) is 17.3. The van der Waals surface area contributed by atoms with Crippen molar-refractivity contribution >= 4 is 5.97 Å². The average Bonchev–Trinajstić information content (AvgIpc) is 3.13. The van der Waals surface area contributed by atoms with Crippen LogP contribution in [0.4, 0.5) is 0 Å². The number of aromatic nitrogens is 3. The average molecular weight is 328 g/mol. The van der Waals surface area contributed by atoms with Crippen molar-refractivity contribution in [2.24, 2.45) is 13.0 Å². The zero-order valence-electron chi connectivity index (χ0n) is 14.4. The van der Waals surface area contributed by atoms with Gasteiger partial charge in [0, 0.05) is 32.0 Å². The molecular formula is C18H24N4O2. The van der Waals surface area contributed by atoms with Gasteiger partial charge in [-0.1, -0.05) is 44.2 Å². The summed E-state index contributed by atoms with van der Waals surface area (Å²) < 4.78 is 2.02. The predicted octanol–water partition coefficient (Wildman–Crippen LogP) is 2.24. The van der Waals surface area contributed by atoms with Gasteiger partial charge in [0.15, 0.2) is 0 Å². The molecule has 0 amide bonds. The topological polar surface area (TPSA) is 71.2 Å². The summed E-state index contributed by atoms with van der Waals surface area (Å²) in [5.41, 5.74) is 1.09. The Labute approximate surface area is 142 Å². The monoisotopic (exact) mass is 328 g/mol. The summed E-state index contributed by atoms with van der Waals surface area (Å²) >= 11 is 0. The summed E-state index contributed by atoms with van der Waals surface area (Å²) in [7, 11) is 1.98. The minimum atomic E-state index is -0.729. The number of likely N-dealkylation sites (tertiary alicyclic amines) is 1. The van der Waals surface area contributed by atoms with Gasteiger partial charge < -0.3 is 9.67 Å². The summed E-state index contributed by atoms with van der Waals surface area (Å²) in [6, 6.07) is 9.93. The molecule has 1 fully saturated rings. The molecule has 6 nitrogen and oxygen atoms in total. The van der Waals surface area contributed by atoms with E-state index in [1.807, 2.05) is 41.9 Å². The number of hydrogen-bond donors (Lipinski definition) is 1. The van der Waals surface area contributed by atoms with Gasteiger partial charge in [0.2, 0.25) is 0 Å². The molecular weight excluding hydrogens is 304 g/mol. The fourth-order valence-electron chi connectivity index (χ4n) is 3.52. The molecule has 128 valence electrons. The molecule has 1 saturated heterocycles. The van der Waals surface area contributed by atoms with E-state index in [0.29, 0.717) is 19.0 Å². The lowest BCUT2D eigenvalue weighted by atomic mass is 9.89. The molecule has 1 N–H and O–H groups in total. The van der Waals surface area contributed by atoms with E-state index in [0.717, 1.165) is 23.8 Å². The van der Waals surface area contributed by atoms with Gasteiger partial charge in [0.25, 0.3) is 0 Å². The Morgan fingerprint density at radius 2 is 1.96 bits per heavy atom. The van der Waals surface area contributed by atoms with Crippen molar-refractivity contribution in [3.8, 4) is 0 Å². The second kappa shape index (κ2) is 6.73. The molecule has 6 heteroatoms. The van der Waals surface area contributed by atoms with E-state index in [1.54, 1.807) is 0 Å². The van der Waals surface area contributed by atoms with Crippen LogP contribution in [0.15, 0.2) is 30.3 Å². The second-order valence-electron chi connectivity index (χ2n) is 6.84. The van der Waals surface area contributed by atoms with Gasteiger partial charge in [-0.2, -0.15) is 0 Å². The van der Waals surface area contributed by atoms with Gasteiger partial charge in [-0.15, -0.1) is 10.2 Å². The Hall–Kier alpha value is -2.21. The van der Waals surface area contributed by atoms with Crippen LogP contribution in [0.25, 0.3) is 0 Å². The molecule has 1 aromatic carbocycles. The zero-order valence-corrected chi connectivity index (χ0v) is 14.4. The molecule has 24 heavy (non-hydrogen) atoms. The normalized spacial score (nSPS) is 21.5. The van der Waals surface area contributed by atoms with Gasteiger partial charge in [-0.25, -0.2) is 0 Å². The molecule has 1 aromatic heterocycles. The first kappa shape index (κ1) is 16.6. The Bertz CT molecular complexity index is 711. The van der Waals surface area contributed by atoms with Crippen LogP contribution in [0.5, 0.6) is 0 Å². The first-order valence-corrected chi connectivity index (χ1v) is 8.35. The Morgan fingerprint density at radius 3 is 2.54 bits per heavy atom. The number of benzene rings is 1. The summed E-state index contributed by atoms with van der Waals surface area (Å²) in [4.78, 5) is 13.9. The molecule has 2 atom stereocenters. The number of carboxylic acids is 1. The van der Waals surface area contributed by atoms with Crippen molar-refractivity contribution in [1.29, 1.82) is 0 Å². The highest BCUT2D eigenvalue weighted by molar-refractivity contribution is 5.72. The predicted molar refractivity (Wildman–Crippen MR) is 90.7 cm³/mol. The number of carboxylic acid groups (broad SMARTS) is 1. The minimum absolute atomic E-state index is 0.0153. The Balaban J connectivity index is 1.78. The lowest BCUT2D eigenvalue weighted by Crippen LogP contribution is -2.24. The lowest BCUT2D eigenvalue weighted by Gasteiger charge is -2.16. The van der Waals surface area contributed by atoms with Crippen LogP contribution in [0.3, 0.4) is 0 Å². The van der Waals surface area contributed by atoms with Crippen LogP contribution in [0.1, 0.15) is 42.9 Å². The van der Waals surface area contributed by atoms with Gasteiger partial charge >= 0.3 is 5.97 Å². The maximum Gasteiger partial charge on any atom is 0.308 e. The van der Waals surface area contributed by atoms with Crippen LogP contribution in [-0.4, -0.2) is 43.8 Å². The van der Waals surface area contributed by atoms with Crippen molar-refractivity contribution in [2.75, 3.05) is 13.1 Å². The largest absolute Gasteiger partial charge is 0.481 e. The number of carbonyl (C=O) groups is 1. The van der Waals surface area contributed by atoms with Crippen LogP contribution in [-0.2, 0) is 18.4 Å². The van der Waals surface area contributed by atoms with Gasteiger partial charge in [0.1, 0.15) is 11.6 Å². The third kappa shape index (κ3) is 3.19. The SMILES string of the molecule is CC(C)c1nnc(CN2C[C@H](c3ccccc3)[C@H](C(=O)O)C2)n1C. The first-order valence-electron chi connectivity index (χ1n) is 8.35.